The van der Waals surface area contributed by atoms with Crippen LogP contribution < -0.4 is 10.9 Å². The highest BCUT2D eigenvalue weighted by molar-refractivity contribution is 5.75. The minimum Gasteiger partial charge on any atom is -0.350 e. The van der Waals surface area contributed by atoms with E-state index in [-0.39, 0.29) is 18.0 Å². The van der Waals surface area contributed by atoms with Crippen LogP contribution in [0, 0.1) is 5.92 Å². The maximum Gasteiger partial charge on any atom is 0.277 e. The lowest BCUT2D eigenvalue weighted by Gasteiger charge is -2.16. The molecule has 0 radical (unpaired) electrons. The van der Waals surface area contributed by atoms with Crippen molar-refractivity contribution in [3.8, 4) is 0 Å². The zero-order chi connectivity index (χ0) is 18.1. The van der Waals surface area contributed by atoms with Gasteiger partial charge < -0.3 is 9.88 Å². The normalized spacial score (nSPS) is 16.4. The van der Waals surface area contributed by atoms with E-state index in [2.05, 4.69) is 17.3 Å². The summed E-state index contributed by atoms with van der Waals surface area (Å²) in [4.78, 5) is 25.2. The van der Waals surface area contributed by atoms with Crippen LogP contribution in [0.2, 0.25) is 0 Å². The highest BCUT2D eigenvalue weighted by Gasteiger charge is 2.23. The van der Waals surface area contributed by atoms with Crippen LogP contribution >= 0.6 is 0 Å². The van der Waals surface area contributed by atoms with Crippen molar-refractivity contribution >= 4 is 11.4 Å². The third-order valence-electron chi connectivity index (χ3n) is 5.02. The Kier molecular flexibility index (Phi) is 4.32. The molecular formula is C20H22N4O2. The third kappa shape index (κ3) is 3.14. The van der Waals surface area contributed by atoms with Crippen molar-refractivity contribution < 1.29 is 4.79 Å². The highest BCUT2D eigenvalue weighted by Crippen LogP contribution is 2.26. The van der Waals surface area contributed by atoms with Gasteiger partial charge >= 0.3 is 0 Å². The summed E-state index contributed by atoms with van der Waals surface area (Å²) < 4.78 is 3.14. The molecule has 0 saturated carbocycles. The van der Waals surface area contributed by atoms with Crippen LogP contribution in [0.5, 0.6) is 0 Å². The van der Waals surface area contributed by atoms with Gasteiger partial charge in [0.1, 0.15) is 12.1 Å². The van der Waals surface area contributed by atoms with E-state index in [0.29, 0.717) is 18.0 Å². The SMILES string of the molecule is C[C@H]1CCc2nn3ccn(CC(=O)NCc4ccccc4)c(=O)c3c2C1. The number of nitrogens with one attached hydrogen (secondary N) is 1. The largest absolute Gasteiger partial charge is 0.350 e. The van der Waals surface area contributed by atoms with Gasteiger partial charge in [0, 0.05) is 24.5 Å². The van der Waals surface area contributed by atoms with E-state index in [0.717, 1.165) is 36.1 Å². The molecule has 0 unspecified atom stereocenters. The summed E-state index contributed by atoms with van der Waals surface area (Å²) in [6, 6.07) is 9.72. The van der Waals surface area contributed by atoms with Crippen LogP contribution in [-0.4, -0.2) is 20.1 Å². The van der Waals surface area contributed by atoms with Gasteiger partial charge in [-0.25, -0.2) is 4.52 Å². The number of hydrogen-bond donors (Lipinski definition) is 1. The molecule has 134 valence electrons. The summed E-state index contributed by atoms with van der Waals surface area (Å²) in [7, 11) is 0. The number of carbonyl (C=O) groups excluding carboxylic acids is 1. The molecular weight excluding hydrogens is 328 g/mol. The number of nitrogens with zero attached hydrogens (tertiary/aromatic N) is 3. The van der Waals surface area contributed by atoms with Gasteiger partial charge in [-0.3, -0.25) is 9.59 Å². The Bertz CT molecular complexity index is 1000. The van der Waals surface area contributed by atoms with Gasteiger partial charge in [0.05, 0.1) is 5.69 Å². The van der Waals surface area contributed by atoms with Gasteiger partial charge in [0.25, 0.3) is 5.56 Å². The number of rotatable bonds is 4. The first-order chi connectivity index (χ1) is 12.6. The monoisotopic (exact) mass is 350 g/mol. The average molecular weight is 350 g/mol. The number of aromatic nitrogens is 3. The standard InChI is InChI=1S/C20H22N4O2/c1-14-7-8-17-16(11-14)19-20(26)23(9-10-24(19)22-17)13-18(25)21-12-15-5-3-2-4-6-15/h2-6,9-10,14H,7-8,11-13H2,1H3,(H,21,25)/t14-/m0/s1. The summed E-state index contributed by atoms with van der Waals surface area (Å²) in [5.74, 6) is 0.375. The molecule has 1 amide bonds. The van der Waals surface area contributed by atoms with Crippen molar-refractivity contribution in [2.45, 2.75) is 39.3 Å². The Morgan fingerprint density at radius 1 is 1.27 bits per heavy atom. The van der Waals surface area contributed by atoms with E-state index in [1.165, 1.54) is 4.57 Å². The number of hydrogen-bond acceptors (Lipinski definition) is 3. The first kappa shape index (κ1) is 16.6. The van der Waals surface area contributed by atoms with Crippen LogP contribution in [0.1, 0.15) is 30.2 Å². The summed E-state index contributed by atoms with van der Waals surface area (Å²) in [5, 5.41) is 7.41. The Labute approximate surface area is 151 Å². The van der Waals surface area contributed by atoms with Crippen LogP contribution in [-0.2, 0) is 30.7 Å². The van der Waals surface area contributed by atoms with Crippen molar-refractivity contribution in [1.29, 1.82) is 0 Å². The van der Waals surface area contributed by atoms with Crippen molar-refractivity contribution in [3.05, 3.63) is 69.9 Å². The molecule has 1 atom stereocenters. The van der Waals surface area contributed by atoms with Gasteiger partial charge in [0.15, 0.2) is 0 Å². The highest BCUT2D eigenvalue weighted by atomic mass is 16.2. The van der Waals surface area contributed by atoms with E-state index >= 15 is 0 Å². The lowest BCUT2D eigenvalue weighted by atomic mass is 9.88. The lowest BCUT2D eigenvalue weighted by Crippen LogP contribution is -2.32. The first-order valence-electron chi connectivity index (χ1n) is 9.02. The molecule has 0 bridgehead atoms. The quantitative estimate of drug-likeness (QED) is 0.782. The van der Waals surface area contributed by atoms with Crippen molar-refractivity contribution in [3.63, 3.8) is 0 Å². The number of aryl methyl sites for hydroxylation is 1. The van der Waals surface area contributed by atoms with E-state index in [9.17, 15) is 9.59 Å². The first-order valence-corrected chi connectivity index (χ1v) is 9.02. The number of carbonyl (C=O) groups is 1. The smallest absolute Gasteiger partial charge is 0.277 e. The fourth-order valence-electron chi connectivity index (χ4n) is 3.58. The Morgan fingerprint density at radius 3 is 2.88 bits per heavy atom. The van der Waals surface area contributed by atoms with Gasteiger partial charge in [-0.15, -0.1) is 0 Å². The van der Waals surface area contributed by atoms with Crippen molar-refractivity contribution in [1.82, 2.24) is 19.5 Å². The Morgan fingerprint density at radius 2 is 2.08 bits per heavy atom. The maximum atomic E-state index is 12.9. The lowest BCUT2D eigenvalue weighted by molar-refractivity contribution is -0.121. The van der Waals surface area contributed by atoms with Crippen molar-refractivity contribution in [2.24, 2.45) is 5.92 Å². The zero-order valence-electron chi connectivity index (χ0n) is 14.8. The molecule has 0 saturated heterocycles. The molecule has 2 heterocycles. The number of fused-ring (bicyclic) bond motifs is 3. The number of benzene rings is 1. The second-order valence-electron chi connectivity index (χ2n) is 7.06. The van der Waals surface area contributed by atoms with Crippen molar-refractivity contribution in [2.75, 3.05) is 0 Å². The molecule has 0 fully saturated rings. The van der Waals surface area contributed by atoms with E-state index < -0.39 is 0 Å². The van der Waals surface area contributed by atoms with Crippen LogP contribution in [0.25, 0.3) is 5.52 Å². The minimum absolute atomic E-state index is 0.0116. The molecule has 1 aliphatic carbocycles. The Balaban J connectivity index is 1.55. The molecule has 0 aliphatic heterocycles. The average Bonchev–Trinajstić information content (AvgIpc) is 3.01. The molecule has 26 heavy (non-hydrogen) atoms. The van der Waals surface area contributed by atoms with Gasteiger partial charge in [-0.05, 0) is 30.7 Å². The predicted molar refractivity (Wildman–Crippen MR) is 98.9 cm³/mol. The molecule has 1 N–H and O–H groups in total. The van der Waals surface area contributed by atoms with Gasteiger partial charge in [-0.2, -0.15) is 5.10 Å². The third-order valence-corrected chi connectivity index (χ3v) is 5.02. The predicted octanol–water partition coefficient (Wildman–Crippen LogP) is 1.94. The molecule has 2 aromatic heterocycles. The fourth-order valence-corrected chi connectivity index (χ4v) is 3.58. The molecule has 4 rings (SSSR count). The van der Waals surface area contributed by atoms with Crippen LogP contribution in [0.15, 0.2) is 47.5 Å². The summed E-state index contributed by atoms with van der Waals surface area (Å²) >= 11 is 0. The van der Waals surface area contributed by atoms with E-state index in [4.69, 9.17) is 0 Å². The van der Waals surface area contributed by atoms with Gasteiger partial charge in [0.2, 0.25) is 5.91 Å². The fraction of sp³-hybridized carbons (Fsp3) is 0.350. The molecule has 6 heteroatoms. The Hall–Kier alpha value is -2.89. The topological polar surface area (TPSA) is 68.4 Å². The van der Waals surface area contributed by atoms with E-state index in [1.807, 2.05) is 30.3 Å². The van der Waals surface area contributed by atoms with Crippen LogP contribution in [0.3, 0.4) is 0 Å². The summed E-state index contributed by atoms with van der Waals surface area (Å²) in [6.07, 6.45) is 6.30. The van der Waals surface area contributed by atoms with Gasteiger partial charge in [-0.1, -0.05) is 37.3 Å². The minimum atomic E-state index is -0.179. The summed E-state index contributed by atoms with van der Waals surface area (Å²) in [5.41, 5.74) is 3.57. The van der Waals surface area contributed by atoms with E-state index in [1.54, 1.807) is 16.9 Å². The zero-order valence-corrected chi connectivity index (χ0v) is 14.8. The molecule has 3 aromatic rings. The number of amides is 1. The molecule has 6 nitrogen and oxygen atoms in total. The summed E-state index contributed by atoms with van der Waals surface area (Å²) in [6.45, 7) is 2.67. The second-order valence-corrected chi connectivity index (χ2v) is 7.06. The second kappa shape index (κ2) is 6.78. The molecule has 1 aliphatic rings. The molecule has 0 spiro atoms. The van der Waals surface area contributed by atoms with Crippen LogP contribution in [0.4, 0.5) is 0 Å². The maximum absolute atomic E-state index is 12.9. The molecule has 1 aromatic carbocycles.